The van der Waals surface area contributed by atoms with Crippen LogP contribution >= 0.6 is 0 Å². The van der Waals surface area contributed by atoms with Crippen LogP contribution in [0.2, 0.25) is 0 Å². The fourth-order valence-corrected chi connectivity index (χ4v) is 1.24. The van der Waals surface area contributed by atoms with Crippen LogP contribution < -0.4 is 0 Å². The van der Waals surface area contributed by atoms with Crippen LogP contribution in [0.4, 0.5) is 11.4 Å². The molecular weight excluding hydrogens is 216 g/mol. The molecule has 1 rings (SSSR count). The van der Waals surface area contributed by atoms with Gasteiger partial charge in [0, 0.05) is 5.56 Å². The maximum absolute atomic E-state index is 10.6. The third kappa shape index (κ3) is 2.14. The van der Waals surface area contributed by atoms with Crippen molar-refractivity contribution in [1.29, 1.82) is 0 Å². The van der Waals surface area contributed by atoms with E-state index in [1.807, 2.05) is 0 Å². The number of phenolic OH excluding ortho intramolecular Hbond substituents is 1. The third-order valence-corrected chi connectivity index (χ3v) is 1.93. The van der Waals surface area contributed by atoms with Crippen LogP contribution in [0.1, 0.15) is 5.56 Å². The van der Waals surface area contributed by atoms with Gasteiger partial charge in [0.15, 0.2) is 5.75 Å². The van der Waals surface area contributed by atoms with Gasteiger partial charge in [0.1, 0.15) is 0 Å². The number of phenols is 1. The zero-order valence-corrected chi connectivity index (χ0v) is 8.12. The second-order valence-electron chi connectivity index (χ2n) is 2.98. The fourth-order valence-electron chi connectivity index (χ4n) is 1.24. The first-order valence-corrected chi connectivity index (χ1v) is 4.23. The molecule has 1 aromatic rings. The zero-order valence-electron chi connectivity index (χ0n) is 8.12. The van der Waals surface area contributed by atoms with Gasteiger partial charge >= 0.3 is 5.69 Å². The van der Waals surface area contributed by atoms with E-state index in [2.05, 4.69) is 6.58 Å². The number of hydrogen-bond donors (Lipinski definition) is 1. The average molecular weight is 224 g/mol. The van der Waals surface area contributed by atoms with Gasteiger partial charge in [0.2, 0.25) is 0 Å². The van der Waals surface area contributed by atoms with Gasteiger partial charge in [-0.1, -0.05) is 6.08 Å². The van der Waals surface area contributed by atoms with Gasteiger partial charge in [-0.25, -0.2) is 0 Å². The molecule has 0 aliphatic heterocycles. The first-order chi connectivity index (χ1) is 7.47. The van der Waals surface area contributed by atoms with E-state index in [9.17, 15) is 25.3 Å². The molecule has 0 heterocycles. The normalized spacial score (nSPS) is 9.75. The quantitative estimate of drug-likeness (QED) is 0.477. The standard InChI is InChI=1S/C9H8N2O5/c1-2-3-6-4-9(12)8(11(15)16)5-7(6)10(13)14/h2,4-5,12H,1,3H2. The number of aromatic hydroxyl groups is 1. The Morgan fingerprint density at radius 2 is 1.81 bits per heavy atom. The number of benzene rings is 1. The molecule has 0 amide bonds. The van der Waals surface area contributed by atoms with Crippen LogP contribution in [0.5, 0.6) is 5.75 Å². The molecule has 0 unspecified atom stereocenters. The Bertz CT molecular complexity index is 469. The van der Waals surface area contributed by atoms with Gasteiger partial charge in [0.05, 0.1) is 15.9 Å². The van der Waals surface area contributed by atoms with Crippen LogP contribution in [0, 0.1) is 20.2 Å². The molecule has 0 saturated heterocycles. The highest BCUT2D eigenvalue weighted by atomic mass is 16.6. The lowest BCUT2D eigenvalue weighted by atomic mass is 10.1. The lowest BCUT2D eigenvalue weighted by molar-refractivity contribution is -0.395. The minimum Gasteiger partial charge on any atom is -0.502 e. The SMILES string of the molecule is C=CCc1cc(O)c([N+](=O)[O-])cc1[N+](=O)[O-]. The highest BCUT2D eigenvalue weighted by Crippen LogP contribution is 2.33. The van der Waals surface area contributed by atoms with Crippen LogP contribution in [0.15, 0.2) is 24.8 Å². The summed E-state index contributed by atoms with van der Waals surface area (Å²) in [5, 5.41) is 30.4. The van der Waals surface area contributed by atoms with Crippen LogP contribution in [0.3, 0.4) is 0 Å². The summed E-state index contributed by atoms with van der Waals surface area (Å²) in [6.45, 7) is 3.41. The van der Waals surface area contributed by atoms with Crippen molar-refractivity contribution in [2.24, 2.45) is 0 Å². The van der Waals surface area contributed by atoms with Crippen molar-refractivity contribution >= 4 is 11.4 Å². The molecular formula is C9H8N2O5. The molecule has 0 spiro atoms. The number of rotatable bonds is 4. The van der Waals surface area contributed by atoms with E-state index in [0.29, 0.717) is 0 Å². The lowest BCUT2D eigenvalue weighted by Gasteiger charge is -2.01. The summed E-state index contributed by atoms with van der Waals surface area (Å²) in [4.78, 5) is 19.5. The molecule has 0 bridgehead atoms. The number of nitro groups is 2. The first kappa shape index (κ1) is 11.6. The molecule has 7 nitrogen and oxygen atoms in total. The molecule has 84 valence electrons. The molecule has 0 radical (unpaired) electrons. The Hall–Kier alpha value is -2.44. The monoisotopic (exact) mass is 224 g/mol. The molecule has 0 atom stereocenters. The topological polar surface area (TPSA) is 107 Å². The van der Waals surface area contributed by atoms with Gasteiger partial charge in [-0.3, -0.25) is 20.2 Å². The second kappa shape index (κ2) is 4.39. The predicted octanol–water partition coefficient (Wildman–Crippen LogP) is 1.94. The van der Waals surface area contributed by atoms with Gasteiger partial charge in [-0.15, -0.1) is 6.58 Å². The number of hydrogen-bond acceptors (Lipinski definition) is 5. The summed E-state index contributed by atoms with van der Waals surface area (Å²) in [6, 6.07) is 1.76. The minimum atomic E-state index is -0.875. The van der Waals surface area contributed by atoms with E-state index < -0.39 is 27.0 Å². The molecule has 0 saturated carbocycles. The number of allylic oxidation sites excluding steroid dienone is 1. The second-order valence-corrected chi connectivity index (χ2v) is 2.98. The van der Waals surface area contributed by atoms with E-state index in [4.69, 9.17) is 0 Å². The molecule has 0 aliphatic carbocycles. The predicted molar refractivity (Wildman–Crippen MR) is 55.3 cm³/mol. The van der Waals surface area contributed by atoms with Crippen molar-refractivity contribution in [3.63, 3.8) is 0 Å². The minimum absolute atomic E-state index is 0.155. The zero-order chi connectivity index (χ0) is 12.3. The van der Waals surface area contributed by atoms with Gasteiger partial charge < -0.3 is 5.11 Å². The summed E-state index contributed by atoms with van der Waals surface area (Å²) in [7, 11) is 0. The van der Waals surface area contributed by atoms with Crippen LogP contribution in [0.25, 0.3) is 0 Å². The summed E-state index contributed by atoms with van der Waals surface area (Å²) >= 11 is 0. The highest BCUT2D eigenvalue weighted by Gasteiger charge is 2.23. The number of nitro benzene ring substituents is 2. The van der Waals surface area contributed by atoms with Crippen LogP contribution in [-0.4, -0.2) is 15.0 Å². The first-order valence-electron chi connectivity index (χ1n) is 4.23. The Kier molecular flexibility index (Phi) is 3.19. The smallest absolute Gasteiger partial charge is 0.317 e. The Balaban J connectivity index is 3.42. The van der Waals surface area contributed by atoms with Gasteiger partial charge in [-0.2, -0.15) is 0 Å². The largest absolute Gasteiger partial charge is 0.502 e. The number of nitrogens with zero attached hydrogens (tertiary/aromatic N) is 2. The molecule has 0 fully saturated rings. The molecule has 1 N–H and O–H groups in total. The van der Waals surface area contributed by atoms with E-state index in [-0.39, 0.29) is 12.0 Å². The van der Waals surface area contributed by atoms with Crippen molar-refractivity contribution in [2.45, 2.75) is 6.42 Å². The molecule has 1 aromatic carbocycles. The summed E-state index contributed by atoms with van der Waals surface area (Å²) < 4.78 is 0. The molecule has 7 heteroatoms. The summed E-state index contributed by atoms with van der Waals surface area (Å²) in [5.74, 6) is -0.590. The van der Waals surface area contributed by atoms with E-state index >= 15 is 0 Å². The van der Waals surface area contributed by atoms with Crippen molar-refractivity contribution in [3.05, 3.63) is 50.6 Å². The van der Waals surface area contributed by atoms with Crippen molar-refractivity contribution in [2.75, 3.05) is 0 Å². The van der Waals surface area contributed by atoms with Crippen LogP contribution in [-0.2, 0) is 6.42 Å². The van der Waals surface area contributed by atoms with Crippen molar-refractivity contribution < 1.29 is 15.0 Å². The van der Waals surface area contributed by atoms with E-state index in [1.165, 1.54) is 6.08 Å². The Morgan fingerprint density at radius 1 is 1.25 bits per heavy atom. The van der Waals surface area contributed by atoms with Gasteiger partial charge in [0.25, 0.3) is 5.69 Å². The van der Waals surface area contributed by atoms with E-state index in [1.54, 1.807) is 0 Å². The molecule has 16 heavy (non-hydrogen) atoms. The van der Waals surface area contributed by atoms with Crippen molar-refractivity contribution in [3.8, 4) is 5.75 Å². The lowest BCUT2D eigenvalue weighted by Crippen LogP contribution is -1.97. The fraction of sp³-hybridized carbons (Fsp3) is 0.111. The summed E-state index contributed by atoms with van der Waals surface area (Å²) in [5.41, 5.74) is -0.896. The maximum atomic E-state index is 10.6. The maximum Gasteiger partial charge on any atom is 0.317 e. The average Bonchev–Trinajstić information content (AvgIpc) is 2.17. The van der Waals surface area contributed by atoms with Crippen molar-refractivity contribution in [1.82, 2.24) is 0 Å². The third-order valence-electron chi connectivity index (χ3n) is 1.93. The molecule has 0 aromatic heterocycles. The summed E-state index contributed by atoms with van der Waals surface area (Å²) in [6.07, 6.45) is 1.56. The Labute approximate surface area is 89.9 Å². The highest BCUT2D eigenvalue weighted by molar-refractivity contribution is 5.57. The molecule has 0 aliphatic rings. The Morgan fingerprint density at radius 3 is 2.25 bits per heavy atom. The van der Waals surface area contributed by atoms with Gasteiger partial charge in [-0.05, 0) is 12.5 Å². The van der Waals surface area contributed by atoms with E-state index in [0.717, 1.165) is 12.1 Å².